The maximum Gasteiger partial charge on any atom is 0.111 e. The zero-order valence-electron chi connectivity index (χ0n) is 11.0. The van der Waals surface area contributed by atoms with Crippen LogP contribution in [0.1, 0.15) is 25.7 Å². The van der Waals surface area contributed by atoms with Gasteiger partial charge in [-0.1, -0.05) is 72.0 Å². The molecule has 0 heterocycles. The van der Waals surface area contributed by atoms with Crippen LogP contribution in [0.25, 0.3) is 0 Å². The first-order valence-corrected chi connectivity index (χ1v) is 9.56. The minimum Gasteiger partial charge on any atom is -0.0991 e. The Morgan fingerprint density at radius 2 is 1.82 bits per heavy atom. The van der Waals surface area contributed by atoms with Gasteiger partial charge < -0.3 is 0 Å². The summed E-state index contributed by atoms with van der Waals surface area (Å²) < 4.78 is 0. The van der Waals surface area contributed by atoms with E-state index in [1.54, 1.807) is 0 Å². The van der Waals surface area contributed by atoms with Crippen LogP contribution < -0.4 is 5.19 Å². The van der Waals surface area contributed by atoms with Gasteiger partial charge in [-0.3, -0.25) is 0 Å². The normalized spacial score (nSPS) is 16.5. The Kier molecular flexibility index (Phi) is 3.68. The molecule has 2 rings (SSSR count). The summed E-state index contributed by atoms with van der Waals surface area (Å²) in [5, 5.41) is 2.93. The molecule has 1 heteroatoms. The van der Waals surface area contributed by atoms with Crippen molar-refractivity contribution in [2.24, 2.45) is 0 Å². The van der Waals surface area contributed by atoms with E-state index in [1.807, 2.05) is 0 Å². The van der Waals surface area contributed by atoms with Crippen LogP contribution in [0, 0.1) is 0 Å². The number of rotatable bonds is 3. The van der Waals surface area contributed by atoms with Crippen molar-refractivity contribution < 1.29 is 0 Å². The Morgan fingerprint density at radius 3 is 2.41 bits per heavy atom. The van der Waals surface area contributed by atoms with Gasteiger partial charge in [0.15, 0.2) is 0 Å². The smallest absolute Gasteiger partial charge is 0.0991 e. The molecule has 0 aromatic heterocycles. The van der Waals surface area contributed by atoms with E-state index < -0.39 is 8.07 Å². The van der Waals surface area contributed by atoms with Gasteiger partial charge in [-0.25, -0.2) is 0 Å². The van der Waals surface area contributed by atoms with Crippen molar-refractivity contribution in [2.45, 2.75) is 38.8 Å². The van der Waals surface area contributed by atoms with Gasteiger partial charge in [0.25, 0.3) is 0 Å². The molecule has 0 N–H and O–H groups in total. The Hall–Kier alpha value is -1.08. The summed E-state index contributed by atoms with van der Waals surface area (Å²) in [6.07, 6.45) is 7.59. The summed E-state index contributed by atoms with van der Waals surface area (Å²) in [5.41, 5.74) is 1.54. The maximum absolute atomic E-state index is 4.42. The highest BCUT2D eigenvalue weighted by Gasteiger charge is 2.28. The third-order valence-electron chi connectivity index (χ3n) is 3.93. The van der Waals surface area contributed by atoms with Crippen molar-refractivity contribution in [1.29, 1.82) is 0 Å². The molecule has 1 aromatic carbocycles. The average Bonchev–Trinajstić information content (AvgIpc) is 2.40. The van der Waals surface area contributed by atoms with Gasteiger partial charge in [-0.05, 0) is 25.7 Å². The molecule has 1 aliphatic rings. The summed E-state index contributed by atoms with van der Waals surface area (Å²) in [7, 11) is -1.53. The van der Waals surface area contributed by atoms with E-state index in [2.05, 4.69) is 56.1 Å². The zero-order chi connectivity index (χ0) is 12.3. The average molecular weight is 242 g/mol. The third-order valence-corrected chi connectivity index (χ3v) is 7.54. The molecule has 0 unspecified atom stereocenters. The van der Waals surface area contributed by atoms with Crippen LogP contribution in [0.5, 0.6) is 0 Å². The Bertz CT molecular complexity index is 426. The lowest BCUT2D eigenvalue weighted by Gasteiger charge is -2.29. The van der Waals surface area contributed by atoms with E-state index in [4.69, 9.17) is 0 Å². The van der Waals surface area contributed by atoms with Crippen LogP contribution in [0.4, 0.5) is 0 Å². The highest BCUT2D eigenvalue weighted by atomic mass is 28.3. The highest BCUT2D eigenvalue weighted by Crippen LogP contribution is 2.28. The van der Waals surface area contributed by atoms with E-state index >= 15 is 0 Å². The Labute approximate surface area is 106 Å². The van der Waals surface area contributed by atoms with Gasteiger partial charge in [0.2, 0.25) is 0 Å². The second kappa shape index (κ2) is 5.05. The first kappa shape index (κ1) is 12.4. The molecular formula is C16H22Si. The van der Waals surface area contributed by atoms with Crippen LogP contribution in [0.2, 0.25) is 13.1 Å². The van der Waals surface area contributed by atoms with E-state index in [0.29, 0.717) is 0 Å². The van der Waals surface area contributed by atoms with Crippen molar-refractivity contribution in [2.75, 3.05) is 0 Å². The highest BCUT2D eigenvalue weighted by molar-refractivity contribution is 6.96. The topological polar surface area (TPSA) is 0 Å². The standard InChI is InChI=1S/C16H22Si/c1-14(15-10-6-4-7-11-15)17(2,3)16-12-8-5-9-13-16/h5,8-10,12-13H,1,4,6-7,11H2,2-3H3. The van der Waals surface area contributed by atoms with Crippen molar-refractivity contribution in [3.8, 4) is 0 Å². The van der Waals surface area contributed by atoms with Gasteiger partial charge in [0, 0.05) is 0 Å². The second-order valence-electron chi connectivity index (χ2n) is 5.44. The molecule has 1 aliphatic carbocycles. The molecular weight excluding hydrogens is 220 g/mol. The summed E-state index contributed by atoms with van der Waals surface area (Å²) in [5.74, 6) is 0. The van der Waals surface area contributed by atoms with Gasteiger partial charge in [0.05, 0.1) is 0 Å². The first-order valence-electron chi connectivity index (χ1n) is 6.56. The van der Waals surface area contributed by atoms with Crippen LogP contribution in [-0.2, 0) is 0 Å². The Morgan fingerprint density at radius 1 is 1.12 bits per heavy atom. The lowest BCUT2D eigenvalue weighted by molar-refractivity contribution is 0.710. The molecule has 0 amide bonds. The number of hydrogen-bond donors (Lipinski definition) is 0. The monoisotopic (exact) mass is 242 g/mol. The minimum absolute atomic E-state index is 1.24. The molecule has 0 saturated heterocycles. The van der Waals surface area contributed by atoms with Crippen molar-refractivity contribution in [3.63, 3.8) is 0 Å². The predicted molar refractivity (Wildman–Crippen MR) is 79.2 cm³/mol. The molecule has 0 fully saturated rings. The molecule has 0 saturated carbocycles. The van der Waals surface area contributed by atoms with Gasteiger partial charge >= 0.3 is 0 Å². The fraction of sp³-hybridized carbons (Fsp3) is 0.375. The van der Waals surface area contributed by atoms with Crippen molar-refractivity contribution >= 4 is 13.3 Å². The summed E-state index contributed by atoms with van der Waals surface area (Å²) in [4.78, 5) is 0. The first-order chi connectivity index (χ1) is 8.12. The molecule has 0 aliphatic heterocycles. The largest absolute Gasteiger partial charge is 0.111 e. The van der Waals surface area contributed by atoms with Gasteiger partial charge in [0.1, 0.15) is 8.07 Å². The van der Waals surface area contributed by atoms with Crippen molar-refractivity contribution in [3.05, 3.63) is 53.8 Å². The third kappa shape index (κ3) is 2.60. The minimum atomic E-state index is -1.53. The number of allylic oxidation sites excluding steroid dienone is 3. The number of benzene rings is 1. The quantitative estimate of drug-likeness (QED) is 0.697. The van der Waals surface area contributed by atoms with E-state index in [-0.39, 0.29) is 0 Å². The zero-order valence-corrected chi connectivity index (χ0v) is 12.0. The Balaban J connectivity index is 2.26. The fourth-order valence-corrected chi connectivity index (χ4v) is 4.95. The molecule has 0 spiro atoms. The molecule has 0 radical (unpaired) electrons. The van der Waals surface area contributed by atoms with Crippen LogP contribution in [0.3, 0.4) is 0 Å². The van der Waals surface area contributed by atoms with Crippen LogP contribution >= 0.6 is 0 Å². The molecule has 1 aromatic rings. The van der Waals surface area contributed by atoms with E-state index in [9.17, 15) is 0 Å². The van der Waals surface area contributed by atoms with Gasteiger partial charge in [-0.15, -0.1) is 0 Å². The van der Waals surface area contributed by atoms with Crippen LogP contribution in [-0.4, -0.2) is 8.07 Å². The van der Waals surface area contributed by atoms with E-state index in [0.717, 1.165) is 0 Å². The molecule has 17 heavy (non-hydrogen) atoms. The van der Waals surface area contributed by atoms with Gasteiger partial charge in [-0.2, -0.15) is 0 Å². The molecule has 0 atom stereocenters. The molecule has 0 bridgehead atoms. The number of hydrogen-bond acceptors (Lipinski definition) is 0. The summed E-state index contributed by atoms with van der Waals surface area (Å²) in [6, 6.07) is 10.9. The SMILES string of the molecule is C=C(C1=CCCCC1)[Si](C)(C)c1ccccc1. The van der Waals surface area contributed by atoms with E-state index in [1.165, 1.54) is 41.6 Å². The van der Waals surface area contributed by atoms with Crippen LogP contribution in [0.15, 0.2) is 53.8 Å². The summed E-state index contributed by atoms with van der Waals surface area (Å²) in [6.45, 7) is 9.25. The molecule has 0 nitrogen and oxygen atoms in total. The molecule has 90 valence electrons. The fourth-order valence-electron chi connectivity index (χ4n) is 2.54. The predicted octanol–water partition coefficient (Wildman–Crippen LogP) is 4.20. The van der Waals surface area contributed by atoms with Crippen molar-refractivity contribution in [1.82, 2.24) is 0 Å². The maximum atomic E-state index is 4.42. The summed E-state index contributed by atoms with van der Waals surface area (Å²) >= 11 is 0. The second-order valence-corrected chi connectivity index (χ2v) is 9.88. The lowest BCUT2D eigenvalue weighted by atomic mass is 10.00. The lowest BCUT2D eigenvalue weighted by Crippen LogP contribution is -2.44.